The molecule has 0 aliphatic carbocycles. The Balaban J connectivity index is 2.03. The summed E-state index contributed by atoms with van der Waals surface area (Å²) in [6.45, 7) is 10.3. The molecular weight excluding hydrogens is 352 g/mol. The molecule has 1 aliphatic heterocycles. The smallest absolute Gasteiger partial charge is 0.278 e. The Bertz CT molecular complexity index is 958. The molecule has 0 spiro atoms. The fraction of sp³-hybridized carbons (Fsp3) is 0.217. The molecular formula is C23H24N2O3. The first kappa shape index (κ1) is 19.4. The summed E-state index contributed by atoms with van der Waals surface area (Å²) in [5.41, 5.74) is 4.28. The summed E-state index contributed by atoms with van der Waals surface area (Å²) in [6, 6.07) is 13.1. The molecule has 3 rings (SSSR count). The number of nitrogens with zero attached hydrogens (tertiary/aromatic N) is 1. The fourth-order valence-electron chi connectivity index (χ4n) is 3.10. The highest BCUT2D eigenvalue weighted by Gasteiger charge is 2.38. The van der Waals surface area contributed by atoms with Crippen LogP contribution in [-0.4, -0.2) is 29.9 Å². The quantitative estimate of drug-likeness (QED) is 0.584. The second kappa shape index (κ2) is 8.13. The highest BCUT2D eigenvalue weighted by molar-refractivity contribution is 6.36. The van der Waals surface area contributed by atoms with Crippen LogP contribution < -0.4 is 10.1 Å². The van der Waals surface area contributed by atoms with Gasteiger partial charge in [0, 0.05) is 12.2 Å². The number of carbonyl (C=O) groups is 2. The van der Waals surface area contributed by atoms with Crippen molar-refractivity contribution in [2.24, 2.45) is 0 Å². The Hall–Kier alpha value is -3.34. The number of imide groups is 1. The van der Waals surface area contributed by atoms with Gasteiger partial charge in [0.1, 0.15) is 11.4 Å². The Morgan fingerprint density at radius 3 is 2.36 bits per heavy atom. The molecule has 0 unspecified atom stereocenters. The average Bonchev–Trinajstić information content (AvgIpc) is 2.90. The summed E-state index contributed by atoms with van der Waals surface area (Å²) >= 11 is 0. The van der Waals surface area contributed by atoms with Crippen molar-refractivity contribution in [3.05, 3.63) is 77.5 Å². The largest absolute Gasteiger partial charge is 0.494 e. The second-order valence-electron chi connectivity index (χ2n) is 6.64. The molecule has 28 heavy (non-hydrogen) atoms. The molecule has 5 heteroatoms. The van der Waals surface area contributed by atoms with Crippen molar-refractivity contribution in [2.75, 3.05) is 18.5 Å². The predicted octanol–water partition coefficient (Wildman–Crippen LogP) is 4.08. The van der Waals surface area contributed by atoms with Crippen LogP contribution >= 0.6 is 0 Å². The zero-order valence-corrected chi connectivity index (χ0v) is 16.4. The van der Waals surface area contributed by atoms with Gasteiger partial charge in [-0.15, -0.1) is 6.58 Å². The summed E-state index contributed by atoms with van der Waals surface area (Å²) in [4.78, 5) is 27.1. The van der Waals surface area contributed by atoms with Gasteiger partial charge in [-0.05, 0) is 61.7 Å². The first-order chi connectivity index (χ1) is 13.5. The predicted molar refractivity (Wildman–Crippen MR) is 111 cm³/mol. The van der Waals surface area contributed by atoms with Crippen molar-refractivity contribution >= 4 is 23.1 Å². The minimum absolute atomic E-state index is 0.167. The number of aryl methyl sites for hydroxylation is 2. The van der Waals surface area contributed by atoms with Gasteiger partial charge in [-0.2, -0.15) is 0 Å². The van der Waals surface area contributed by atoms with E-state index < -0.39 is 0 Å². The van der Waals surface area contributed by atoms with Crippen LogP contribution in [0.4, 0.5) is 5.69 Å². The molecule has 2 amide bonds. The van der Waals surface area contributed by atoms with Crippen molar-refractivity contribution in [2.45, 2.75) is 20.8 Å². The van der Waals surface area contributed by atoms with E-state index >= 15 is 0 Å². The molecule has 2 aromatic rings. The van der Waals surface area contributed by atoms with Gasteiger partial charge < -0.3 is 10.1 Å². The van der Waals surface area contributed by atoms with Gasteiger partial charge in [0.2, 0.25) is 0 Å². The Labute approximate surface area is 165 Å². The van der Waals surface area contributed by atoms with Gasteiger partial charge in [0.15, 0.2) is 0 Å². The normalized spacial score (nSPS) is 13.9. The Morgan fingerprint density at radius 1 is 1.04 bits per heavy atom. The third kappa shape index (κ3) is 3.69. The van der Waals surface area contributed by atoms with E-state index in [1.54, 1.807) is 6.08 Å². The molecule has 0 atom stereocenters. The standard InChI is InChI=1S/C23H24N2O3/c1-5-13-25-22(26)20(17-8-7-15(3)16(4)14-17)21(23(25)27)24-18-9-11-19(12-10-18)28-6-2/h5,7-12,14,24H,1,6,13H2,2-4H3. The highest BCUT2D eigenvalue weighted by atomic mass is 16.5. The molecule has 1 heterocycles. The summed E-state index contributed by atoms with van der Waals surface area (Å²) < 4.78 is 5.45. The van der Waals surface area contributed by atoms with Crippen LogP contribution in [0, 0.1) is 13.8 Å². The van der Waals surface area contributed by atoms with E-state index in [1.165, 1.54) is 4.90 Å². The highest BCUT2D eigenvalue weighted by Crippen LogP contribution is 2.31. The van der Waals surface area contributed by atoms with E-state index in [2.05, 4.69) is 11.9 Å². The number of rotatable bonds is 7. The third-order valence-electron chi connectivity index (χ3n) is 4.71. The van der Waals surface area contributed by atoms with Crippen LogP contribution in [0.1, 0.15) is 23.6 Å². The van der Waals surface area contributed by atoms with E-state index in [4.69, 9.17) is 4.74 Å². The maximum absolute atomic E-state index is 13.0. The molecule has 0 radical (unpaired) electrons. The monoisotopic (exact) mass is 376 g/mol. The lowest BCUT2D eigenvalue weighted by Crippen LogP contribution is -2.32. The molecule has 0 saturated carbocycles. The Morgan fingerprint density at radius 2 is 1.75 bits per heavy atom. The lowest BCUT2D eigenvalue weighted by molar-refractivity contribution is -0.136. The van der Waals surface area contributed by atoms with Gasteiger partial charge in [-0.25, -0.2) is 0 Å². The van der Waals surface area contributed by atoms with Gasteiger partial charge >= 0.3 is 0 Å². The number of nitrogens with one attached hydrogen (secondary N) is 1. The molecule has 0 fully saturated rings. The first-order valence-corrected chi connectivity index (χ1v) is 9.25. The van der Waals surface area contributed by atoms with E-state index in [1.807, 2.05) is 63.2 Å². The minimum Gasteiger partial charge on any atom is -0.494 e. The second-order valence-corrected chi connectivity index (χ2v) is 6.64. The van der Waals surface area contributed by atoms with Crippen LogP contribution in [0.15, 0.2) is 60.8 Å². The zero-order chi connectivity index (χ0) is 20.3. The van der Waals surface area contributed by atoms with Crippen molar-refractivity contribution in [3.63, 3.8) is 0 Å². The molecule has 144 valence electrons. The molecule has 0 aromatic heterocycles. The average molecular weight is 376 g/mol. The van der Waals surface area contributed by atoms with E-state index in [-0.39, 0.29) is 24.1 Å². The molecule has 1 aliphatic rings. The maximum atomic E-state index is 13.0. The van der Waals surface area contributed by atoms with Crippen LogP contribution in [0.5, 0.6) is 5.75 Å². The lowest BCUT2D eigenvalue weighted by Gasteiger charge is -2.12. The fourth-order valence-corrected chi connectivity index (χ4v) is 3.10. The number of anilines is 1. The van der Waals surface area contributed by atoms with E-state index in [0.717, 1.165) is 22.4 Å². The molecule has 0 bridgehead atoms. The first-order valence-electron chi connectivity index (χ1n) is 9.25. The SMILES string of the molecule is C=CCN1C(=O)C(Nc2ccc(OCC)cc2)=C(c2ccc(C)c(C)c2)C1=O. The number of hydrogen-bond acceptors (Lipinski definition) is 4. The third-order valence-corrected chi connectivity index (χ3v) is 4.71. The van der Waals surface area contributed by atoms with Crippen molar-refractivity contribution in [1.82, 2.24) is 4.90 Å². The summed E-state index contributed by atoms with van der Waals surface area (Å²) in [7, 11) is 0. The van der Waals surface area contributed by atoms with Crippen molar-refractivity contribution < 1.29 is 14.3 Å². The van der Waals surface area contributed by atoms with E-state index in [0.29, 0.717) is 17.9 Å². The topological polar surface area (TPSA) is 58.6 Å². The van der Waals surface area contributed by atoms with Gasteiger partial charge in [-0.1, -0.05) is 24.3 Å². The van der Waals surface area contributed by atoms with Gasteiger partial charge in [-0.3, -0.25) is 14.5 Å². The van der Waals surface area contributed by atoms with Crippen molar-refractivity contribution in [3.8, 4) is 5.75 Å². The summed E-state index contributed by atoms with van der Waals surface area (Å²) in [6.07, 6.45) is 1.55. The number of benzene rings is 2. The van der Waals surface area contributed by atoms with Crippen LogP contribution in [0.25, 0.3) is 5.57 Å². The van der Waals surface area contributed by atoms with Crippen LogP contribution in [0.2, 0.25) is 0 Å². The molecule has 0 saturated heterocycles. The Kier molecular flexibility index (Phi) is 5.64. The van der Waals surface area contributed by atoms with Crippen molar-refractivity contribution in [1.29, 1.82) is 0 Å². The zero-order valence-electron chi connectivity index (χ0n) is 16.4. The van der Waals surface area contributed by atoms with Gasteiger partial charge in [0.25, 0.3) is 11.8 Å². The number of ether oxygens (including phenoxy) is 1. The summed E-state index contributed by atoms with van der Waals surface area (Å²) in [5.74, 6) is 0.0760. The number of amides is 2. The molecule has 1 N–H and O–H groups in total. The maximum Gasteiger partial charge on any atom is 0.278 e. The summed E-state index contributed by atoms with van der Waals surface area (Å²) in [5, 5.41) is 3.14. The lowest BCUT2D eigenvalue weighted by atomic mass is 9.99. The molecule has 2 aromatic carbocycles. The number of carbonyl (C=O) groups excluding carboxylic acids is 2. The van der Waals surface area contributed by atoms with Crippen LogP contribution in [0.3, 0.4) is 0 Å². The molecule has 5 nitrogen and oxygen atoms in total. The minimum atomic E-state index is -0.355. The number of hydrogen-bond donors (Lipinski definition) is 1. The van der Waals surface area contributed by atoms with Crippen LogP contribution in [-0.2, 0) is 9.59 Å². The van der Waals surface area contributed by atoms with Gasteiger partial charge in [0.05, 0.1) is 12.2 Å². The van der Waals surface area contributed by atoms with E-state index in [9.17, 15) is 9.59 Å².